The number of hydrogen-bond donors (Lipinski definition) is 1. The van der Waals surface area contributed by atoms with Crippen LogP contribution in [0.5, 0.6) is 0 Å². The van der Waals surface area contributed by atoms with Gasteiger partial charge in [-0.05, 0) is 56.9 Å². The van der Waals surface area contributed by atoms with Crippen LogP contribution in [0.1, 0.15) is 42.1 Å². The predicted molar refractivity (Wildman–Crippen MR) is 79.8 cm³/mol. The quantitative estimate of drug-likeness (QED) is 0.899. The summed E-state index contributed by atoms with van der Waals surface area (Å²) in [5, 5.41) is 9.46. The molecule has 1 aromatic carbocycles. The number of carbonyl (C=O) groups excluding carboxylic acids is 1. The molecule has 1 atom stereocenters. The van der Waals surface area contributed by atoms with Crippen LogP contribution in [-0.4, -0.2) is 34.0 Å². The highest BCUT2D eigenvalue weighted by molar-refractivity contribution is 9.10. The van der Waals surface area contributed by atoms with Gasteiger partial charge in [0.15, 0.2) is 0 Å². The fourth-order valence-corrected chi connectivity index (χ4v) is 2.85. The molecule has 0 spiro atoms. The first-order valence-electron chi connectivity index (χ1n) is 6.68. The number of amides is 1. The molecule has 1 aliphatic rings. The molecule has 1 aromatic rings. The number of benzene rings is 1. The number of nitrogens with zero attached hydrogens (tertiary/aromatic N) is 1. The maximum Gasteiger partial charge on any atom is 0.329 e. The molecule has 0 aliphatic carbocycles. The van der Waals surface area contributed by atoms with Crippen molar-refractivity contribution in [1.82, 2.24) is 4.90 Å². The largest absolute Gasteiger partial charge is 0.480 e. The van der Waals surface area contributed by atoms with Gasteiger partial charge in [0, 0.05) is 16.6 Å². The van der Waals surface area contributed by atoms with E-state index in [0.717, 1.165) is 22.9 Å². The Morgan fingerprint density at radius 1 is 1.35 bits per heavy atom. The number of carboxylic acid groups (broad SMARTS) is 1. The smallest absolute Gasteiger partial charge is 0.329 e. The summed E-state index contributed by atoms with van der Waals surface area (Å²) >= 11 is 3.40. The Morgan fingerprint density at radius 3 is 2.65 bits per heavy atom. The molecule has 108 valence electrons. The number of rotatable bonds is 2. The molecular formula is C15H18BrNO3. The summed E-state index contributed by atoms with van der Waals surface area (Å²) in [7, 11) is 0. The topological polar surface area (TPSA) is 57.6 Å². The summed E-state index contributed by atoms with van der Waals surface area (Å²) in [6.07, 6.45) is 2.19. The van der Waals surface area contributed by atoms with Gasteiger partial charge >= 0.3 is 5.97 Å². The zero-order chi connectivity index (χ0) is 14.9. The van der Waals surface area contributed by atoms with E-state index in [0.29, 0.717) is 18.5 Å². The highest BCUT2D eigenvalue weighted by atomic mass is 79.9. The highest BCUT2D eigenvalue weighted by Gasteiger charge is 2.44. The van der Waals surface area contributed by atoms with Crippen molar-refractivity contribution in [2.75, 3.05) is 6.54 Å². The lowest BCUT2D eigenvalue weighted by Crippen LogP contribution is -2.57. The molecule has 1 fully saturated rings. The molecule has 0 aromatic heterocycles. The second kappa shape index (κ2) is 5.56. The van der Waals surface area contributed by atoms with E-state index in [4.69, 9.17) is 0 Å². The van der Waals surface area contributed by atoms with Crippen molar-refractivity contribution in [3.63, 3.8) is 0 Å². The molecule has 1 saturated heterocycles. The van der Waals surface area contributed by atoms with E-state index in [1.165, 1.54) is 4.90 Å². The normalized spacial score (nSPS) is 22.6. The molecule has 0 bridgehead atoms. The van der Waals surface area contributed by atoms with Crippen molar-refractivity contribution in [2.24, 2.45) is 0 Å². The Hall–Kier alpha value is -1.36. The number of carbonyl (C=O) groups is 2. The summed E-state index contributed by atoms with van der Waals surface area (Å²) in [6.45, 7) is 4.04. The third-order valence-electron chi connectivity index (χ3n) is 4.00. The second-order valence-corrected chi connectivity index (χ2v) is 6.31. The first kappa shape index (κ1) is 15.0. The van der Waals surface area contributed by atoms with Crippen molar-refractivity contribution in [3.8, 4) is 0 Å². The first-order chi connectivity index (χ1) is 9.36. The van der Waals surface area contributed by atoms with E-state index < -0.39 is 11.5 Å². The summed E-state index contributed by atoms with van der Waals surface area (Å²) in [5.41, 5.74) is 0.404. The molecule has 0 radical (unpaired) electrons. The number of hydrogen-bond acceptors (Lipinski definition) is 2. The second-order valence-electron chi connectivity index (χ2n) is 5.46. The minimum Gasteiger partial charge on any atom is -0.480 e. The van der Waals surface area contributed by atoms with Gasteiger partial charge in [-0.15, -0.1) is 0 Å². The fourth-order valence-electron chi connectivity index (χ4n) is 2.60. The van der Waals surface area contributed by atoms with Crippen LogP contribution in [-0.2, 0) is 4.79 Å². The molecule has 1 aliphatic heterocycles. The molecule has 5 heteroatoms. The minimum atomic E-state index is -1.10. The Balaban J connectivity index is 2.35. The number of aliphatic carboxylic acids is 1. The van der Waals surface area contributed by atoms with Gasteiger partial charge in [0.25, 0.3) is 5.91 Å². The van der Waals surface area contributed by atoms with Crippen LogP contribution in [0.4, 0.5) is 0 Å². The summed E-state index contributed by atoms with van der Waals surface area (Å²) in [4.78, 5) is 25.7. The van der Waals surface area contributed by atoms with Crippen LogP contribution in [0.15, 0.2) is 22.7 Å². The Labute approximate surface area is 126 Å². The lowest BCUT2D eigenvalue weighted by Gasteiger charge is -2.41. The average Bonchev–Trinajstić information content (AvgIpc) is 2.41. The Bertz CT molecular complexity index is 558. The first-order valence-corrected chi connectivity index (χ1v) is 7.47. The lowest BCUT2D eigenvalue weighted by atomic mass is 9.87. The van der Waals surface area contributed by atoms with Crippen LogP contribution in [0, 0.1) is 6.92 Å². The zero-order valence-electron chi connectivity index (χ0n) is 11.6. The molecule has 1 heterocycles. The standard InChI is InChI=1S/C15H18BrNO3/c1-10-9-11(5-6-12(10)16)13(18)17-8-4-3-7-15(17,2)14(19)20/h5-6,9H,3-4,7-8H2,1-2H3,(H,19,20). The average molecular weight is 340 g/mol. The van der Waals surface area contributed by atoms with E-state index in [1.54, 1.807) is 19.1 Å². The molecule has 2 rings (SSSR count). The van der Waals surface area contributed by atoms with Crippen LogP contribution in [0.25, 0.3) is 0 Å². The molecular weight excluding hydrogens is 322 g/mol. The minimum absolute atomic E-state index is 0.204. The number of carboxylic acids is 1. The molecule has 1 unspecified atom stereocenters. The fraction of sp³-hybridized carbons (Fsp3) is 0.467. The maximum atomic E-state index is 12.6. The highest BCUT2D eigenvalue weighted by Crippen LogP contribution is 2.30. The number of likely N-dealkylation sites (tertiary alicyclic amines) is 1. The number of halogens is 1. The molecule has 20 heavy (non-hydrogen) atoms. The summed E-state index contributed by atoms with van der Waals surface area (Å²) in [5.74, 6) is -1.13. The lowest BCUT2D eigenvalue weighted by molar-refractivity contribution is -0.150. The summed E-state index contributed by atoms with van der Waals surface area (Å²) in [6, 6.07) is 5.35. The van der Waals surface area contributed by atoms with Gasteiger partial charge < -0.3 is 10.0 Å². The number of aryl methyl sites for hydroxylation is 1. The van der Waals surface area contributed by atoms with Gasteiger partial charge in [-0.3, -0.25) is 4.79 Å². The summed E-state index contributed by atoms with van der Waals surface area (Å²) < 4.78 is 0.939. The van der Waals surface area contributed by atoms with Crippen molar-refractivity contribution in [2.45, 2.75) is 38.6 Å². The van der Waals surface area contributed by atoms with Crippen molar-refractivity contribution in [1.29, 1.82) is 0 Å². The van der Waals surface area contributed by atoms with Gasteiger partial charge in [-0.2, -0.15) is 0 Å². The Morgan fingerprint density at radius 2 is 2.05 bits per heavy atom. The van der Waals surface area contributed by atoms with Gasteiger partial charge in [-0.1, -0.05) is 15.9 Å². The van der Waals surface area contributed by atoms with Crippen LogP contribution < -0.4 is 0 Å². The van der Waals surface area contributed by atoms with Gasteiger partial charge in [0.1, 0.15) is 5.54 Å². The zero-order valence-corrected chi connectivity index (χ0v) is 13.2. The molecule has 4 nitrogen and oxygen atoms in total. The SMILES string of the molecule is Cc1cc(C(=O)N2CCCCC2(C)C(=O)O)ccc1Br. The monoisotopic (exact) mass is 339 g/mol. The van der Waals surface area contributed by atoms with Crippen molar-refractivity contribution < 1.29 is 14.7 Å². The van der Waals surface area contributed by atoms with E-state index >= 15 is 0 Å². The molecule has 0 saturated carbocycles. The van der Waals surface area contributed by atoms with E-state index in [-0.39, 0.29) is 5.91 Å². The predicted octanol–water partition coefficient (Wildman–Crippen LogP) is 3.23. The van der Waals surface area contributed by atoms with E-state index in [2.05, 4.69) is 15.9 Å². The van der Waals surface area contributed by atoms with Gasteiger partial charge in [0.05, 0.1) is 0 Å². The third-order valence-corrected chi connectivity index (χ3v) is 4.89. The van der Waals surface area contributed by atoms with Crippen molar-refractivity contribution >= 4 is 27.8 Å². The van der Waals surface area contributed by atoms with Crippen LogP contribution >= 0.6 is 15.9 Å². The van der Waals surface area contributed by atoms with E-state index in [1.807, 2.05) is 13.0 Å². The molecule has 1 N–H and O–H groups in total. The third kappa shape index (κ3) is 2.59. The van der Waals surface area contributed by atoms with E-state index in [9.17, 15) is 14.7 Å². The van der Waals surface area contributed by atoms with Crippen LogP contribution in [0.2, 0.25) is 0 Å². The van der Waals surface area contributed by atoms with Crippen LogP contribution in [0.3, 0.4) is 0 Å². The molecule has 1 amide bonds. The van der Waals surface area contributed by atoms with Gasteiger partial charge in [-0.25, -0.2) is 4.79 Å². The van der Waals surface area contributed by atoms with Gasteiger partial charge in [0.2, 0.25) is 0 Å². The Kier molecular flexibility index (Phi) is 4.18. The number of piperidine rings is 1. The van der Waals surface area contributed by atoms with Crippen molar-refractivity contribution in [3.05, 3.63) is 33.8 Å². The maximum absolute atomic E-state index is 12.6.